The van der Waals surface area contributed by atoms with Crippen LogP contribution in [0.25, 0.3) is 11.3 Å². The Kier molecular flexibility index (Phi) is 2.92. The first kappa shape index (κ1) is 10.7. The van der Waals surface area contributed by atoms with Gasteiger partial charge in [-0.05, 0) is 12.1 Å². The molecule has 0 radical (unpaired) electrons. The van der Waals surface area contributed by atoms with Gasteiger partial charge < -0.3 is 14.6 Å². The first-order valence-electron chi connectivity index (χ1n) is 5.13. The van der Waals surface area contributed by atoms with Crippen molar-refractivity contribution in [3.05, 3.63) is 35.9 Å². The Labute approximate surface area is 93.2 Å². The number of rotatable bonds is 3. The molecule has 0 saturated heterocycles. The first-order valence-corrected chi connectivity index (χ1v) is 5.13. The standard InChI is InChI=1S/C12H13NO3/c1-2-10-12(13-11(7-14)16-10)8-4-3-5-9(15)6-8/h3-6,14-15H,2,7H2,1H3. The zero-order chi connectivity index (χ0) is 11.5. The van der Waals surface area contributed by atoms with Gasteiger partial charge in [0.1, 0.15) is 23.8 Å². The summed E-state index contributed by atoms with van der Waals surface area (Å²) in [6, 6.07) is 6.82. The number of aliphatic hydroxyl groups excluding tert-OH is 1. The highest BCUT2D eigenvalue weighted by Crippen LogP contribution is 2.26. The van der Waals surface area contributed by atoms with E-state index in [-0.39, 0.29) is 12.4 Å². The minimum Gasteiger partial charge on any atom is -0.508 e. The van der Waals surface area contributed by atoms with Crippen molar-refractivity contribution in [3.63, 3.8) is 0 Å². The van der Waals surface area contributed by atoms with Gasteiger partial charge in [0.2, 0.25) is 5.89 Å². The van der Waals surface area contributed by atoms with Crippen molar-refractivity contribution < 1.29 is 14.6 Å². The zero-order valence-corrected chi connectivity index (χ0v) is 8.97. The molecule has 1 aromatic carbocycles. The van der Waals surface area contributed by atoms with Crippen LogP contribution in [-0.2, 0) is 13.0 Å². The third kappa shape index (κ3) is 1.92. The van der Waals surface area contributed by atoms with Gasteiger partial charge in [-0.2, -0.15) is 0 Å². The fraction of sp³-hybridized carbons (Fsp3) is 0.250. The number of nitrogens with zero attached hydrogens (tertiary/aromatic N) is 1. The summed E-state index contributed by atoms with van der Waals surface area (Å²) >= 11 is 0. The molecule has 84 valence electrons. The van der Waals surface area contributed by atoms with Gasteiger partial charge in [0, 0.05) is 12.0 Å². The van der Waals surface area contributed by atoms with Crippen molar-refractivity contribution in [1.29, 1.82) is 0 Å². The van der Waals surface area contributed by atoms with Crippen LogP contribution in [0.15, 0.2) is 28.7 Å². The van der Waals surface area contributed by atoms with Crippen molar-refractivity contribution in [1.82, 2.24) is 4.98 Å². The molecular weight excluding hydrogens is 206 g/mol. The molecular formula is C12H13NO3. The van der Waals surface area contributed by atoms with E-state index in [1.807, 2.05) is 13.0 Å². The smallest absolute Gasteiger partial charge is 0.220 e. The Morgan fingerprint density at radius 1 is 1.38 bits per heavy atom. The van der Waals surface area contributed by atoms with Crippen LogP contribution in [0.2, 0.25) is 0 Å². The Morgan fingerprint density at radius 2 is 2.19 bits per heavy atom. The van der Waals surface area contributed by atoms with Gasteiger partial charge in [0.25, 0.3) is 0 Å². The maximum absolute atomic E-state index is 9.39. The summed E-state index contributed by atoms with van der Waals surface area (Å²) < 4.78 is 5.36. The van der Waals surface area contributed by atoms with Crippen LogP contribution in [0.5, 0.6) is 5.75 Å². The van der Waals surface area contributed by atoms with E-state index in [9.17, 15) is 5.11 Å². The van der Waals surface area contributed by atoms with Crippen LogP contribution in [0.4, 0.5) is 0 Å². The average molecular weight is 219 g/mol. The molecule has 4 heteroatoms. The molecule has 0 aliphatic heterocycles. The second-order valence-corrected chi connectivity index (χ2v) is 3.44. The zero-order valence-electron chi connectivity index (χ0n) is 8.97. The number of aromatic hydroxyl groups is 1. The lowest BCUT2D eigenvalue weighted by Gasteiger charge is -1.99. The molecule has 2 N–H and O–H groups in total. The summed E-state index contributed by atoms with van der Waals surface area (Å²) in [6.07, 6.45) is 0.692. The third-order valence-corrected chi connectivity index (χ3v) is 2.32. The maximum atomic E-state index is 9.39. The lowest BCUT2D eigenvalue weighted by atomic mass is 10.1. The lowest BCUT2D eigenvalue weighted by Crippen LogP contribution is -1.84. The molecule has 16 heavy (non-hydrogen) atoms. The maximum Gasteiger partial charge on any atom is 0.220 e. The molecule has 0 aliphatic rings. The number of oxazole rings is 1. The van der Waals surface area contributed by atoms with Crippen molar-refractivity contribution in [2.24, 2.45) is 0 Å². The Hall–Kier alpha value is -1.81. The summed E-state index contributed by atoms with van der Waals surface area (Å²) in [4.78, 5) is 4.18. The highest BCUT2D eigenvalue weighted by molar-refractivity contribution is 5.63. The molecule has 1 heterocycles. The van der Waals surface area contributed by atoms with E-state index >= 15 is 0 Å². The largest absolute Gasteiger partial charge is 0.508 e. The quantitative estimate of drug-likeness (QED) is 0.829. The van der Waals surface area contributed by atoms with Gasteiger partial charge in [0.05, 0.1) is 0 Å². The molecule has 0 bridgehead atoms. The molecule has 0 atom stereocenters. The molecule has 2 rings (SSSR count). The van der Waals surface area contributed by atoms with Gasteiger partial charge in [-0.1, -0.05) is 19.1 Å². The van der Waals surface area contributed by atoms with Gasteiger partial charge >= 0.3 is 0 Å². The van der Waals surface area contributed by atoms with E-state index in [0.29, 0.717) is 18.0 Å². The van der Waals surface area contributed by atoms with Gasteiger partial charge in [0.15, 0.2) is 0 Å². The Morgan fingerprint density at radius 3 is 2.81 bits per heavy atom. The van der Waals surface area contributed by atoms with E-state index in [0.717, 1.165) is 11.3 Å². The van der Waals surface area contributed by atoms with Gasteiger partial charge in [-0.25, -0.2) is 4.98 Å². The fourth-order valence-corrected chi connectivity index (χ4v) is 1.59. The normalized spacial score (nSPS) is 10.6. The van der Waals surface area contributed by atoms with Crippen molar-refractivity contribution in [3.8, 4) is 17.0 Å². The molecule has 1 aromatic heterocycles. The van der Waals surface area contributed by atoms with Crippen LogP contribution in [0, 0.1) is 0 Å². The topological polar surface area (TPSA) is 66.5 Å². The summed E-state index contributed by atoms with van der Waals surface area (Å²) in [6.45, 7) is 1.74. The van der Waals surface area contributed by atoms with E-state index in [1.54, 1.807) is 18.2 Å². The molecule has 0 saturated carbocycles. The molecule has 0 amide bonds. The van der Waals surface area contributed by atoms with Gasteiger partial charge in [-0.3, -0.25) is 0 Å². The van der Waals surface area contributed by atoms with Crippen LogP contribution < -0.4 is 0 Å². The van der Waals surface area contributed by atoms with Crippen LogP contribution in [-0.4, -0.2) is 15.2 Å². The van der Waals surface area contributed by atoms with E-state index in [4.69, 9.17) is 9.52 Å². The molecule has 0 unspecified atom stereocenters. The lowest BCUT2D eigenvalue weighted by molar-refractivity contribution is 0.237. The highest BCUT2D eigenvalue weighted by Gasteiger charge is 2.13. The number of aryl methyl sites for hydroxylation is 1. The Balaban J connectivity index is 2.50. The van der Waals surface area contributed by atoms with Gasteiger partial charge in [-0.15, -0.1) is 0 Å². The molecule has 0 spiro atoms. The number of phenols is 1. The van der Waals surface area contributed by atoms with E-state index in [2.05, 4.69) is 4.98 Å². The number of aromatic nitrogens is 1. The number of hydrogen-bond acceptors (Lipinski definition) is 4. The van der Waals surface area contributed by atoms with E-state index in [1.165, 1.54) is 0 Å². The van der Waals surface area contributed by atoms with Crippen LogP contribution in [0.1, 0.15) is 18.6 Å². The van der Waals surface area contributed by atoms with Crippen LogP contribution in [0.3, 0.4) is 0 Å². The summed E-state index contributed by atoms with van der Waals surface area (Å²) in [5.74, 6) is 1.21. The number of hydrogen-bond donors (Lipinski definition) is 2. The molecule has 0 aliphatic carbocycles. The second kappa shape index (κ2) is 4.37. The van der Waals surface area contributed by atoms with Crippen molar-refractivity contribution in [2.75, 3.05) is 0 Å². The average Bonchev–Trinajstić information content (AvgIpc) is 2.72. The number of benzene rings is 1. The first-order chi connectivity index (χ1) is 7.74. The predicted octanol–water partition coefficient (Wildman–Crippen LogP) is 2.10. The van der Waals surface area contributed by atoms with Crippen molar-refractivity contribution in [2.45, 2.75) is 20.0 Å². The fourth-order valence-electron chi connectivity index (χ4n) is 1.59. The minimum absolute atomic E-state index is 0.188. The number of phenolic OH excluding ortho intramolecular Hbond substituents is 1. The van der Waals surface area contributed by atoms with Crippen molar-refractivity contribution >= 4 is 0 Å². The predicted molar refractivity (Wildman–Crippen MR) is 58.9 cm³/mol. The minimum atomic E-state index is -0.216. The third-order valence-electron chi connectivity index (χ3n) is 2.32. The monoisotopic (exact) mass is 219 g/mol. The molecule has 4 nitrogen and oxygen atoms in total. The summed E-state index contributed by atoms with van der Waals surface area (Å²) in [5.41, 5.74) is 1.47. The molecule has 2 aromatic rings. The summed E-state index contributed by atoms with van der Waals surface area (Å²) in [5, 5.41) is 18.4. The highest BCUT2D eigenvalue weighted by atomic mass is 16.4. The van der Waals surface area contributed by atoms with E-state index < -0.39 is 0 Å². The second-order valence-electron chi connectivity index (χ2n) is 3.44. The summed E-state index contributed by atoms with van der Waals surface area (Å²) in [7, 11) is 0. The Bertz CT molecular complexity index is 491. The molecule has 0 fully saturated rings. The SMILES string of the molecule is CCc1oc(CO)nc1-c1cccc(O)c1. The van der Waals surface area contributed by atoms with Crippen LogP contribution >= 0.6 is 0 Å². The number of aliphatic hydroxyl groups is 1.